The number of nitrogens with zero attached hydrogens (tertiary/aromatic N) is 4. The maximum absolute atomic E-state index is 5.35. The average Bonchev–Trinajstić information content (AvgIpc) is 3.76. The summed E-state index contributed by atoms with van der Waals surface area (Å²) in [5.74, 6) is 0.828. The highest BCUT2D eigenvalue weighted by Gasteiger charge is 2.35. The second-order valence-electron chi connectivity index (χ2n) is 14.2. The van der Waals surface area contributed by atoms with Gasteiger partial charge < -0.3 is 4.57 Å². The van der Waals surface area contributed by atoms with Gasteiger partial charge in [0.1, 0.15) is 5.69 Å². The number of fused-ring (bicyclic) bond motifs is 10. The molecule has 3 heterocycles. The Bertz CT molecular complexity index is 3050. The molecule has 51 heavy (non-hydrogen) atoms. The lowest BCUT2D eigenvalue weighted by Gasteiger charge is -2.22. The predicted molar refractivity (Wildman–Crippen MR) is 211 cm³/mol. The van der Waals surface area contributed by atoms with Crippen LogP contribution in [0.4, 0.5) is 0 Å². The Morgan fingerprint density at radius 2 is 1.00 bits per heavy atom. The van der Waals surface area contributed by atoms with E-state index in [0.29, 0.717) is 0 Å². The van der Waals surface area contributed by atoms with E-state index in [1.54, 1.807) is 0 Å². The van der Waals surface area contributed by atoms with Gasteiger partial charge in [0.05, 0.1) is 33.1 Å². The summed E-state index contributed by atoms with van der Waals surface area (Å²) in [5, 5.41) is 4.80. The summed E-state index contributed by atoms with van der Waals surface area (Å²) >= 11 is 0. The van der Waals surface area contributed by atoms with Gasteiger partial charge in [0.2, 0.25) is 0 Å². The van der Waals surface area contributed by atoms with Crippen molar-refractivity contribution < 1.29 is 0 Å². The number of rotatable bonds is 3. The zero-order chi connectivity index (χ0) is 33.8. The molecule has 4 heteroatoms. The molecule has 0 spiro atoms. The standard InChI is InChI=1S/C47H32N4/c1-47(2)37-19-9-6-16-31(37)32-25-24-30(26-38(32)47)50-41-22-12-7-17-33(41)35-28-44-36(27-43(35)50)34-18-8-13-23-42(34)51(44)46-45(29-14-4-3-5-15-29)48-39-20-10-11-21-40(39)49-46/h3-28H,1-2H3. The lowest BCUT2D eigenvalue weighted by atomic mass is 9.82. The Kier molecular flexibility index (Phi) is 5.70. The van der Waals surface area contributed by atoms with Crippen molar-refractivity contribution in [1.82, 2.24) is 19.1 Å². The Morgan fingerprint density at radius 1 is 0.431 bits per heavy atom. The molecule has 1 aliphatic carbocycles. The number of benzene rings is 7. The smallest absolute Gasteiger partial charge is 0.165 e. The van der Waals surface area contributed by atoms with Crippen LogP contribution < -0.4 is 0 Å². The van der Waals surface area contributed by atoms with Crippen LogP contribution in [-0.2, 0) is 5.41 Å². The van der Waals surface area contributed by atoms with Crippen molar-refractivity contribution in [1.29, 1.82) is 0 Å². The van der Waals surface area contributed by atoms with Gasteiger partial charge in [-0.1, -0.05) is 123 Å². The van der Waals surface area contributed by atoms with E-state index in [4.69, 9.17) is 9.97 Å². The van der Waals surface area contributed by atoms with Crippen LogP contribution >= 0.6 is 0 Å². The highest BCUT2D eigenvalue weighted by Crippen LogP contribution is 2.50. The molecule has 0 radical (unpaired) electrons. The van der Waals surface area contributed by atoms with Gasteiger partial charge >= 0.3 is 0 Å². The molecule has 0 amide bonds. The highest BCUT2D eigenvalue weighted by molar-refractivity contribution is 6.19. The van der Waals surface area contributed by atoms with Crippen LogP contribution in [0.25, 0.3) is 88.5 Å². The van der Waals surface area contributed by atoms with E-state index < -0.39 is 0 Å². The van der Waals surface area contributed by atoms with Gasteiger partial charge in [0, 0.05) is 38.2 Å². The summed E-state index contributed by atoms with van der Waals surface area (Å²) in [6.07, 6.45) is 0. The average molecular weight is 653 g/mol. The molecular weight excluding hydrogens is 621 g/mol. The Hall–Kier alpha value is -6.52. The molecule has 10 aromatic rings. The van der Waals surface area contributed by atoms with E-state index in [9.17, 15) is 0 Å². The van der Waals surface area contributed by atoms with E-state index in [-0.39, 0.29) is 5.41 Å². The van der Waals surface area contributed by atoms with E-state index >= 15 is 0 Å². The van der Waals surface area contributed by atoms with Crippen molar-refractivity contribution in [3.8, 4) is 33.9 Å². The first-order chi connectivity index (χ1) is 25.1. The van der Waals surface area contributed by atoms with Crippen molar-refractivity contribution in [2.24, 2.45) is 0 Å². The molecule has 1 aliphatic rings. The first-order valence-corrected chi connectivity index (χ1v) is 17.6. The predicted octanol–water partition coefficient (Wildman–Crippen LogP) is 11.8. The quantitative estimate of drug-likeness (QED) is 0.190. The van der Waals surface area contributed by atoms with Crippen molar-refractivity contribution in [3.63, 3.8) is 0 Å². The van der Waals surface area contributed by atoms with E-state index in [1.165, 1.54) is 60.5 Å². The van der Waals surface area contributed by atoms with Crippen LogP contribution in [0.5, 0.6) is 0 Å². The van der Waals surface area contributed by atoms with Gasteiger partial charge in [-0.15, -0.1) is 0 Å². The Labute approximate surface area is 294 Å². The SMILES string of the molecule is CC1(C)c2ccccc2-c2ccc(-n3c4ccccc4c4cc5c(cc43)c3ccccc3n5-c3nc4ccccc4nc3-c3ccccc3)cc21. The summed E-state index contributed by atoms with van der Waals surface area (Å²) in [7, 11) is 0. The third kappa shape index (κ3) is 3.90. The molecule has 0 N–H and O–H groups in total. The van der Waals surface area contributed by atoms with Crippen LogP contribution in [0.15, 0.2) is 158 Å². The van der Waals surface area contributed by atoms with Crippen molar-refractivity contribution >= 4 is 54.6 Å². The van der Waals surface area contributed by atoms with Crippen LogP contribution in [0.3, 0.4) is 0 Å². The largest absolute Gasteiger partial charge is 0.309 e. The lowest BCUT2D eigenvalue weighted by Crippen LogP contribution is -2.15. The second kappa shape index (κ2) is 10.3. The van der Waals surface area contributed by atoms with Gasteiger partial charge in [0.25, 0.3) is 0 Å². The summed E-state index contributed by atoms with van der Waals surface area (Å²) in [5.41, 5.74) is 14.8. The van der Waals surface area contributed by atoms with Gasteiger partial charge in [-0.3, -0.25) is 4.57 Å². The Balaban J connectivity index is 1.23. The van der Waals surface area contributed by atoms with Crippen molar-refractivity contribution in [2.45, 2.75) is 19.3 Å². The molecule has 0 bridgehead atoms. The zero-order valence-corrected chi connectivity index (χ0v) is 28.3. The lowest BCUT2D eigenvalue weighted by molar-refractivity contribution is 0.660. The Morgan fingerprint density at radius 3 is 1.75 bits per heavy atom. The minimum absolute atomic E-state index is 0.0846. The van der Waals surface area contributed by atoms with Crippen LogP contribution in [0.2, 0.25) is 0 Å². The first kappa shape index (κ1) is 28.3. The van der Waals surface area contributed by atoms with Crippen molar-refractivity contribution in [2.75, 3.05) is 0 Å². The van der Waals surface area contributed by atoms with E-state index in [0.717, 1.165) is 39.1 Å². The minimum Gasteiger partial charge on any atom is -0.309 e. The zero-order valence-electron chi connectivity index (χ0n) is 28.3. The molecule has 7 aromatic carbocycles. The molecule has 0 saturated heterocycles. The number of aromatic nitrogens is 4. The third-order valence-electron chi connectivity index (χ3n) is 11.1. The van der Waals surface area contributed by atoms with Crippen molar-refractivity contribution in [3.05, 3.63) is 169 Å². The molecule has 3 aromatic heterocycles. The summed E-state index contributed by atoms with van der Waals surface area (Å²) < 4.78 is 4.79. The normalized spacial score (nSPS) is 13.5. The highest BCUT2D eigenvalue weighted by atomic mass is 15.1. The molecule has 0 atom stereocenters. The van der Waals surface area contributed by atoms with Crippen LogP contribution in [0, 0.1) is 0 Å². The molecule has 4 nitrogen and oxygen atoms in total. The second-order valence-corrected chi connectivity index (χ2v) is 14.2. The molecule has 240 valence electrons. The number of hydrogen-bond acceptors (Lipinski definition) is 2. The minimum atomic E-state index is -0.0846. The van der Waals surface area contributed by atoms with E-state index in [1.807, 2.05) is 24.3 Å². The summed E-state index contributed by atoms with van der Waals surface area (Å²) in [6.45, 7) is 4.70. The maximum atomic E-state index is 5.35. The summed E-state index contributed by atoms with van der Waals surface area (Å²) in [6, 6.07) is 56.8. The molecular formula is C47H32N4. The molecule has 0 saturated carbocycles. The topological polar surface area (TPSA) is 35.6 Å². The fourth-order valence-electron chi connectivity index (χ4n) is 8.70. The molecule has 0 unspecified atom stereocenters. The van der Waals surface area contributed by atoms with Gasteiger partial charge in [-0.25, -0.2) is 9.97 Å². The molecule has 0 aliphatic heterocycles. The monoisotopic (exact) mass is 652 g/mol. The fourth-order valence-corrected chi connectivity index (χ4v) is 8.70. The molecule has 0 fully saturated rings. The number of para-hydroxylation sites is 4. The van der Waals surface area contributed by atoms with Gasteiger partial charge in [-0.05, 0) is 70.8 Å². The summed E-state index contributed by atoms with van der Waals surface area (Å²) in [4.78, 5) is 10.6. The van der Waals surface area contributed by atoms with Gasteiger partial charge in [-0.2, -0.15) is 0 Å². The molecule has 11 rings (SSSR count). The van der Waals surface area contributed by atoms with Gasteiger partial charge in [0.15, 0.2) is 5.82 Å². The van der Waals surface area contributed by atoms with Crippen LogP contribution in [0.1, 0.15) is 25.0 Å². The van der Waals surface area contributed by atoms with Crippen LogP contribution in [-0.4, -0.2) is 19.1 Å². The third-order valence-corrected chi connectivity index (χ3v) is 11.1. The first-order valence-electron chi connectivity index (χ1n) is 17.6. The van der Waals surface area contributed by atoms with E-state index in [2.05, 4.69) is 156 Å². The number of hydrogen-bond donors (Lipinski definition) is 0. The fraction of sp³-hybridized carbons (Fsp3) is 0.0638. The maximum Gasteiger partial charge on any atom is 0.165 e.